The molecule has 16 heavy (non-hydrogen) atoms. The van der Waals surface area contributed by atoms with E-state index in [1.54, 1.807) is 0 Å². The van der Waals surface area contributed by atoms with E-state index in [-0.39, 0.29) is 0 Å². The lowest BCUT2D eigenvalue weighted by Crippen LogP contribution is -2.14. The Morgan fingerprint density at radius 1 is 1.44 bits per heavy atom. The van der Waals surface area contributed by atoms with Crippen molar-refractivity contribution in [2.24, 2.45) is 0 Å². The summed E-state index contributed by atoms with van der Waals surface area (Å²) in [5, 5.41) is 3.12. The van der Waals surface area contributed by atoms with Crippen LogP contribution in [0.5, 0.6) is 0 Å². The number of nitrogens with zero attached hydrogens (tertiary/aromatic N) is 2. The van der Waals surface area contributed by atoms with Gasteiger partial charge >= 0.3 is 0 Å². The molecule has 0 radical (unpaired) electrons. The highest BCUT2D eigenvalue weighted by Gasteiger charge is 2.15. The van der Waals surface area contributed by atoms with Crippen molar-refractivity contribution in [3.8, 4) is 0 Å². The summed E-state index contributed by atoms with van der Waals surface area (Å²) in [5.74, 6) is 3.72. The topological polar surface area (TPSA) is 63.8 Å². The van der Waals surface area contributed by atoms with Crippen molar-refractivity contribution in [1.82, 2.24) is 15.3 Å². The van der Waals surface area contributed by atoms with Crippen LogP contribution in [-0.4, -0.2) is 29.3 Å². The van der Waals surface area contributed by atoms with Crippen LogP contribution in [0.15, 0.2) is 0 Å². The van der Waals surface area contributed by atoms with Gasteiger partial charge in [-0.25, -0.2) is 9.97 Å². The Bertz CT molecular complexity index is 367. The highest BCUT2D eigenvalue weighted by atomic mass is 32.2. The second-order valence-electron chi connectivity index (χ2n) is 3.96. The number of aromatic nitrogens is 2. The van der Waals surface area contributed by atoms with E-state index in [4.69, 9.17) is 5.73 Å². The highest BCUT2D eigenvalue weighted by Crippen LogP contribution is 2.26. The second-order valence-corrected chi connectivity index (χ2v) is 5.07. The third-order valence-electron chi connectivity index (χ3n) is 2.73. The fourth-order valence-electron chi connectivity index (χ4n) is 1.84. The lowest BCUT2D eigenvalue weighted by Gasteiger charge is -2.16. The Morgan fingerprint density at radius 2 is 2.31 bits per heavy atom. The molecule has 0 aromatic carbocycles. The predicted molar refractivity (Wildman–Crippen MR) is 68.6 cm³/mol. The van der Waals surface area contributed by atoms with Crippen LogP contribution >= 0.6 is 11.8 Å². The van der Waals surface area contributed by atoms with Gasteiger partial charge in [-0.3, -0.25) is 0 Å². The molecule has 0 amide bonds. The van der Waals surface area contributed by atoms with E-state index in [2.05, 4.69) is 15.3 Å². The number of nitrogens with two attached hydrogens (primary N) is 1. The van der Waals surface area contributed by atoms with Gasteiger partial charge in [0.1, 0.15) is 11.6 Å². The first-order valence-electron chi connectivity index (χ1n) is 5.67. The summed E-state index contributed by atoms with van der Waals surface area (Å²) in [6.45, 7) is 0.996. The van der Waals surface area contributed by atoms with Gasteiger partial charge in [0.2, 0.25) is 0 Å². The van der Waals surface area contributed by atoms with E-state index in [9.17, 15) is 0 Å². The average Bonchev–Trinajstić information content (AvgIpc) is 2.30. The maximum atomic E-state index is 5.97. The maximum absolute atomic E-state index is 5.97. The van der Waals surface area contributed by atoms with Gasteiger partial charge in [-0.15, -0.1) is 0 Å². The summed E-state index contributed by atoms with van der Waals surface area (Å²) in [5.41, 5.74) is 8.30. The highest BCUT2D eigenvalue weighted by molar-refractivity contribution is 7.98. The third-order valence-corrected chi connectivity index (χ3v) is 3.71. The molecule has 1 aromatic rings. The zero-order valence-electron chi connectivity index (χ0n) is 9.62. The van der Waals surface area contributed by atoms with Gasteiger partial charge < -0.3 is 11.1 Å². The standard InChI is InChI=1S/C11H18N4S/c1-13-5-2-3-10-14-9-4-6-16-7-8(9)11(12)15-10/h13H,2-7H2,1H3,(H2,12,14,15). The number of nitrogens with one attached hydrogen (secondary N) is 1. The minimum Gasteiger partial charge on any atom is -0.383 e. The molecule has 88 valence electrons. The fourth-order valence-corrected chi connectivity index (χ4v) is 2.85. The summed E-state index contributed by atoms with van der Waals surface area (Å²) in [7, 11) is 1.96. The molecule has 1 aromatic heterocycles. The summed E-state index contributed by atoms with van der Waals surface area (Å²) >= 11 is 1.91. The number of hydrogen-bond donors (Lipinski definition) is 2. The molecule has 2 rings (SSSR count). The molecule has 0 spiro atoms. The van der Waals surface area contributed by atoms with Gasteiger partial charge in [0.25, 0.3) is 0 Å². The summed E-state index contributed by atoms with van der Waals surface area (Å²) in [6, 6.07) is 0. The molecule has 5 heteroatoms. The molecule has 2 heterocycles. The van der Waals surface area contributed by atoms with Crippen molar-refractivity contribution in [2.45, 2.75) is 25.0 Å². The molecule has 0 bridgehead atoms. The average molecular weight is 238 g/mol. The van der Waals surface area contributed by atoms with E-state index in [0.717, 1.165) is 48.7 Å². The summed E-state index contributed by atoms with van der Waals surface area (Å²) in [6.07, 6.45) is 3.00. The van der Waals surface area contributed by atoms with Crippen LogP contribution in [0.1, 0.15) is 23.5 Å². The molecule has 0 saturated carbocycles. The Morgan fingerprint density at radius 3 is 3.12 bits per heavy atom. The maximum Gasteiger partial charge on any atom is 0.131 e. The monoisotopic (exact) mass is 238 g/mol. The van der Waals surface area contributed by atoms with E-state index >= 15 is 0 Å². The van der Waals surface area contributed by atoms with Crippen LogP contribution in [0.25, 0.3) is 0 Å². The third kappa shape index (κ3) is 2.65. The molecule has 0 unspecified atom stereocenters. The Kier molecular flexibility index (Phi) is 4.01. The first kappa shape index (κ1) is 11.7. The van der Waals surface area contributed by atoms with Gasteiger partial charge in [0.15, 0.2) is 0 Å². The predicted octanol–water partition coefficient (Wildman–Crippen LogP) is 1.00. The van der Waals surface area contributed by atoms with Gasteiger partial charge in [0.05, 0.1) is 5.69 Å². The van der Waals surface area contributed by atoms with Crippen molar-refractivity contribution < 1.29 is 0 Å². The SMILES string of the molecule is CNCCCc1nc(N)c2c(n1)CCSC2. The van der Waals surface area contributed by atoms with E-state index in [1.165, 1.54) is 5.69 Å². The molecule has 1 aliphatic heterocycles. The summed E-state index contributed by atoms with van der Waals surface area (Å²) < 4.78 is 0. The zero-order chi connectivity index (χ0) is 11.4. The van der Waals surface area contributed by atoms with Gasteiger partial charge in [-0.2, -0.15) is 11.8 Å². The van der Waals surface area contributed by atoms with Crippen molar-refractivity contribution in [3.05, 3.63) is 17.1 Å². The van der Waals surface area contributed by atoms with Crippen molar-refractivity contribution in [2.75, 3.05) is 25.1 Å². The molecule has 1 aliphatic rings. The number of anilines is 1. The first-order chi connectivity index (χ1) is 7.81. The molecule has 0 atom stereocenters. The van der Waals surface area contributed by atoms with E-state index in [1.807, 2.05) is 18.8 Å². The Labute approximate surface area is 100 Å². The van der Waals surface area contributed by atoms with Crippen LogP contribution < -0.4 is 11.1 Å². The van der Waals surface area contributed by atoms with Crippen LogP contribution in [0.4, 0.5) is 5.82 Å². The summed E-state index contributed by atoms with van der Waals surface area (Å²) in [4.78, 5) is 9.00. The van der Waals surface area contributed by atoms with Crippen LogP contribution in [-0.2, 0) is 18.6 Å². The van der Waals surface area contributed by atoms with Crippen LogP contribution in [0.2, 0.25) is 0 Å². The smallest absolute Gasteiger partial charge is 0.131 e. The fraction of sp³-hybridized carbons (Fsp3) is 0.636. The normalized spacial score (nSPS) is 14.8. The molecular formula is C11H18N4S. The lowest BCUT2D eigenvalue weighted by atomic mass is 10.1. The van der Waals surface area contributed by atoms with Gasteiger partial charge in [-0.1, -0.05) is 0 Å². The molecule has 0 aliphatic carbocycles. The quantitative estimate of drug-likeness (QED) is 0.766. The molecular weight excluding hydrogens is 220 g/mol. The Hall–Kier alpha value is -0.810. The molecule has 0 saturated heterocycles. The largest absolute Gasteiger partial charge is 0.383 e. The Balaban J connectivity index is 2.12. The number of nitrogen functional groups attached to an aromatic ring is 1. The van der Waals surface area contributed by atoms with Crippen LogP contribution in [0.3, 0.4) is 0 Å². The van der Waals surface area contributed by atoms with Crippen LogP contribution in [0, 0.1) is 0 Å². The zero-order valence-corrected chi connectivity index (χ0v) is 10.4. The molecule has 4 nitrogen and oxygen atoms in total. The first-order valence-corrected chi connectivity index (χ1v) is 6.83. The number of thioether (sulfide) groups is 1. The molecule has 0 fully saturated rings. The number of fused-ring (bicyclic) bond motifs is 1. The lowest BCUT2D eigenvalue weighted by molar-refractivity contribution is 0.697. The second kappa shape index (κ2) is 5.50. The van der Waals surface area contributed by atoms with E-state index < -0.39 is 0 Å². The number of rotatable bonds is 4. The number of hydrogen-bond acceptors (Lipinski definition) is 5. The van der Waals surface area contributed by atoms with Crippen molar-refractivity contribution in [1.29, 1.82) is 0 Å². The number of aryl methyl sites for hydroxylation is 2. The molecule has 3 N–H and O–H groups in total. The van der Waals surface area contributed by atoms with Gasteiger partial charge in [0, 0.05) is 17.7 Å². The van der Waals surface area contributed by atoms with E-state index in [0.29, 0.717) is 5.82 Å². The minimum atomic E-state index is 0.691. The van der Waals surface area contributed by atoms with Crippen molar-refractivity contribution >= 4 is 17.6 Å². The van der Waals surface area contributed by atoms with Gasteiger partial charge in [-0.05, 0) is 32.2 Å². The van der Waals surface area contributed by atoms with Crippen molar-refractivity contribution in [3.63, 3.8) is 0 Å². The minimum absolute atomic E-state index is 0.691.